The summed E-state index contributed by atoms with van der Waals surface area (Å²) in [6.45, 7) is 4.08. The Balaban J connectivity index is 2.20. The standard InChI is InChI=1S/C14H17BrN2OS/c1-3-6-16-8-11-9-17-14(19-11)12-7-10(15)4-5-13(12)18-2/h4-5,7,9,16H,3,6,8H2,1-2H3. The largest absolute Gasteiger partial charge is 0.496 e. The minimum atomic E-state index is 0.852. The molecule has 0 radical (unpaired) electrons. The molecule has 0 unspecified atom stereocenters. The Labute approximate surface area is 126 Å². The van der Waals surface area contributed by atoms with Gasteiger partial charge in [0.2, 0.25) is 0 Å². The first-order valence-electron chi connectivity index (χ1n) is 6.24. The van der Waals surface area contributed by atoms with Crippen molar-refractivity contribution in [1.29, 1.82) is 0 Å². The molecule has 0 aliphatic carbocycles. The van der Waals surface area contributed by atoms with Gasteiger partial charge in [-0.25, -0.2) is 4.98 Å². The van der Waals surface area contributed by atoms with E-state index in [-0.39, 0.29) is 0 Å². The molecule has 5 heteroatoms. The van der Waals surface area contributed by atoms with Gasteiger partial charge in [0.1, 0.15) is 10.8 Å². The van der Waals surface area contributed by atoms with Crippen LogP contribution in [0.2, 0.25) is 0 Å². The van der Waals surface area contributed by atoms with Crippen LogP contribution >= 0.6 is 27.3 Å². The monoisotopic (exact) mass is 340 g/mol. The number of hydrogen-bond acceptors (Lipinski definition) is 4. The van der Waals surface area contributed by atoms with Gasteiger partial charge in [-0.2, -0.15) is 0 Å². The van der Waals surface area contributed by atoms with Gasteiger partial charge in [-0.3, -0.25) is 0 Å². The van der Waals surface area contributed by atoms with Gasteiger partial charge in [-0.15, -0.1) is 11.3 Å². The van der Waals surface area contributed by atoms with Crippen LogP contribution in [0, 0.1) is 0 Å². The Kier molecular flexibility index (Phi) is 5.36. The second kappa shape index (κ2) is 7.03. The van der Waals surface area contributed by atoms with Crippen LogP contribution in [0.3, 0.4) is 0 Å². The highest BCUT2D eigenvalue weighted by molar-refractivity contribution is 9.10. The number of nitrogens with zero attached hydrogens (tertiary/aromatic N) is 1. The van der Waals surface area contributed by atoms with Crippen molar-refractivity contribution in [3.63, 3.8) is 0 Å². The summed E-state index contributed by atoms with van der Waals surface area (Å²) in [6.07, 6.45) is 3.08. The van der Waals surface area contributed by atoms with E-state index in [0.717, 1.165) is 40.3 Å². The zero-order valence-electron chi connectivity index (χ0n) is 11.1. The van der Waals surface area contributed by atoms with E-state index in [1.165, 1.54) is 4.88 Å². The van der Waals surface area contributed by atoms with Crippen molar-refractivity contribution >= 4 is 27.3 Å². The molecule has 102 valence electrons. The molecule has 2 rings (SSSR count). The Bertz CT molecular complexity index is 542. The van der Waals surface area contributed by atoms with E-state index in [1.807, 2.05) is 24.4 Å². The lowest BCUT2D eigenvalue weighted by Gasteiger charge is -2.06. The highest BCUT2D eigenvalue weighted by Crippen LogP contribution is 2.34. The van der Waals surface area contributed by atoms with Crippen molar-refractivity contribution in [3.05, 3.63) is 33.7 Å². The maximum Gasteiger partial charge on any atom is 0.129 e. The Hall–Kier alpha value is -0.910. The van der Waals surface area contributed by atoms with Gasteiger partial charge >= 0.3 is 0 Å². The van der Waals surface area contributed by atoms with Gasteiger partial charge in [0.25, 0.3) is 0 Å². The molecule has 1 aromatic carbocycles. The highest BCUT2D eigenvalue weighted by Gasteiger charge is 2.10. The summed E-state index contributed by atoms with van der Waals surface area (Å²) in [7, 11) is 1.68. The molecule has 0 spiro atoms. The predicted molar refractivity (Wildman–Crippen MR) is 83.8 cm³/mol. The Morgan fingerprint density at radius 1 is 1.42 bits per heavy atom. The maximum absolute atomic E-state index is 5.39. The molecule has 0 bridgehead atoms. The van der Waals surface area contributed by atoms with Crippen LogP contribution in [0.1, 0.15) is 18.2 Å². The molecule has 0 saturated heterocycles. The van der Waals surface area contributed by atoms with Gasteiger partial charge in [0.15, 0.2) is 0 Å². The zero-order chi connectivity index (χ0) is 13.7. The number of rotatable bonds is 6. The fourth-order valence-corrected chi connectivity index (χ4v) is 3.01. The second-order valence-corrected chi connectivity index (χ2v) is 6.18. The van der Waals surface area contributed by atoms with E-state index in [4.69, 9.17) is 4.74 Å². The number of benzene rings is 1. The SMILES string of the molecule is CCCNCc1cnc(-c2cc(Br)ccc2OC)s1. The smallest absolute Gasteiger partial charge is 0.129 e. The summed E-state index contributed by atoms with van der Waals surface area (Å²) in [5.41, 5.74) is 1.03. The van der Waals surface area contributed by atoms with Gasteiger partial charge in [-0.1, -0.05) is 22.9 Å². The fraction of sp³-hybridized carbons (Fsp3) is 0.357. The molecule has 0 atom stereocenters. The minimum absolute atomic E-state index is 0.852. The molecular weight excluding hydrogens is 324 g/mol. The fourth-order valence-electron chi connectivity index (χ4n) is 1.75. The van der Waals surface area contributed by atoms with E-state index < -0.39 is 0 Å². The zero-order valence-corrected chi connectivity index (χ0v) is 13.5. The highest BCUT2D eigenvalue weighted by atomic mass is 79.9. The van der Waals surface area contributed by atoms with Crippen molar-refractivity contribution < 1.29 is 4.74 Å². The summed E-state index contributed by atoms with van der Waals surface area (Å²) in [5.74, 6) is 0.852. The molecule has 0 saturated carbocycles. The van der Waals surface area contributed by atoms with Crippen molar-refractivity contribution in [3.8, 4) is 16.3 Å². The van der Waals surface area contributed by atoms with Gasteiger partial charge in [0, 0.05) is 22.1 Å². The molecular formula is C14H17BrN2OS. The van der Waals surface area contributed by atoms with E-state index in [2.05, 4.69) is 33.2 Å². The Morgan fingerprint density at radius 3 is 3.00 bits per heavy atom. The molecule has 19 heavy (non-hydrogen) atoms. The van der Waals surface area contributed by atoms with E-state index in [1.54, 1.807) is 18.4 Å². The quantitative estimate of drug-likeness (QED) is 0.804. The summed E-state index contributed by atoms with van der Waals surface area (Å²) in [4.78, 5) is 5.73. The summed E-state index contributed by atoms with van der Waals surface area (Å²) < 4.78 is 6.42. The molecule has 1 heterocycles. The third-order valence-electron chi connectivity index (χ3n) is 2.67. The number of hydrogen-bond donors (Lipinski definition) is 1. The summed E-state index contributed by atoms with van der Waals surface area (Å²) in [5, 5.41) is 4.38. The van der Waals surface area contributed by atoms with Crippen molar-refractivity contribution in [2.24, 2.45) is 0 Å². The maximum atomic E-state index is 5.39. The predicted octanol–water partition coefficient (Wildman–Crippen LogP) is 4.08. The molecule has 2 aromatic rings. The van der Waals surface area contributed by atoms with Crippen molar-refractivity contribution in [2.75, 3.05) is 13.7 Å². The number of methoxy groups -OCH3 is 1. The summed E-state index contributed by atoms with van der Waals surface area (Å²) in [6, 6.07) is 5.97. The normalized spacial score (nSPS) is 10.7. The molecule has 0 aliphatic rings. The van der Waals surface area contributed by atoms with Gasteiger partial charge in [-0.05, 0) is 31.2 Å². The summed E-state index contributed by atoms with van der Waals surface area (Å²) >= 11 is 5.19. The average Bonchev–Trinajstić information content (AvgIpc) is 2.88. The number of ether oxygens (including phenoxy) is 1. The molecule has 0 amide bonds. The van der Waals surface area contributed by atoms with Crippen LogP contribution in [-0.2, 0) is 6.54 Å². The van der Waals surface area contributed by atoms with Crippen LogP contribution in [0.25, 0.3) is 10.6 Å². The number of nitrogens with one attached hydrogen (secondary N) is 1. The second-order valence-electron chi connectivity index (χ2n) is 4.15. The number of aromatic nitrogens is 1. The number of halogens is 1. The first-order chi connectivity index (χ1) is 9.24. The van der Waals surface area contributed by atoms with Crippen molar-refractivity contribution in [1.82, 2.24) is 10.3 Å². The molecule has 1 N–H and O–H groups in total. The number of thiazole rings is 1. The third-order valence-corrected chi connectivity index (χ3v) is 4.20. The molecule has 0 fully saturated rings. The average molecular weight is 341 g/mol. The van der Waals surface area contributed by atoms with Crippen LogP contribution in [-0.4, -0.2) is 18.6 Å². The van der Waals surface area contributed by atoms with Crippen molar-refractivity contribution in [2.45, 2.75) is 19.9 Å². The lowest BCUT2D eigenvalue weighted by molar-refractivity contribution is 0.416. The van der Waals surface area contributed by atoms with E-state index in [9.17, 15) is 0 Å². The van der Waals surface area contributed by atoms with Gasteiger partial charge in [0.05, 0.1) is 12.7 Å². The van der Waals surface area contributed by atoms with Gasteiger partial charge < -0.3 is 10.1 Å². The first kappa shape index (κ1) is 14.5. The first-order valence-corrected chi connectivity index (χ1v) is 7.85. The van der Waals surface area contributed by atoms with Crippen LogP contribution in [0.5, 0.6) is 5.75 Å². The van der Waals surface area contributed by atoms with E-state index in [0.29, 0.717) is 0 Å². The minimum Gasteiger partial charge on any atom is -0.496 e. The van der Waals surface area contributed by atoms with Crippen LogP contribution < -0.4 is 10.1 Å². The Morgan fingerprint density at radius 2 is 2.26 bits per heavy atom. The molecule has 0 aliphatic heterocycles. The molecule has 1 aromatic heterocycles. The molecule has 3 nitrogen and oxygen atoms in total. The van der Waals surface area contributed by atoms with Crippen LogP contribution in [0.4, 0.5) is 0 Å². The lowest BCUT2D eigenvalue weighted by Crippen LogP contribution is -2.12. The third kappa shape index (κ3) is 3.78. The van der Waals surface area contributed by atoms with Crippen LogP contribution in [0.15, 0.2) is 28.9 Å². The topological polar surface area (TPSA) is 34.2 Å². The van der Waals surface area contributed by atoms with E-state index >= 15 is 0 Å². The lowest BCUT2D eigenvalue weighted by atomic mass is 10.2.